The van der Waals surface area contributed by atoms with Gasteiger partial charge in [-0.3, -0.25) is 4.79 Å². The number of likely N-dealkylation sites (tertiary alicyclic amines) is 1. The molecule has 1 amide bonds. The molecule has 2 aliphatic rings. The van der Waals surface area contributed by atoms with Crippen molar-refractivity contribution in [2.45, 2.75) is 70.4 Å². The molecule has 2 rings (SSSR count). The highest BCUT2D eigenvalue weighted by Gasteiger charge is 2.31. The van der Waals surface area contributed by atoms with Crippen LogP contribution in [0, 0.1) is 5.92 Å². The summed E-state index contributed by atoms with van der Waals surface area (Å²) in [7, 11) is 0. The standard InChI is InChI=1S/C16H30N2O2/c1-13(17-15(8-11-19)14-6-7-14)12-16(20)18-9-4-2-3-5-10-18/h13-15,17,19H,2-12H2,1H3. The minimum atomic E-state index is 0.211. The smallest absolute Gasteiger partial charge is 0.224 e. The van der Waals surface area contributed by atoms with Gasteiger partial charge in [-0.25, -0.2) is 0 Å². The monoisotopic (exact) mass is 282 g/mol. The van der Waals surface area contributed by atoms with Crippen molar-refractivity contribution >= 4 is 5.91 Å². The van der Waals surface area contributed by atoms with Crippen LogP contribution in [0.15, 0.2) is 0 Å². The molecule has 0 spiro atoms. The van der Waals surface area contributed by atoms with Crippen LogP contribution in [-0.4, -0.2) is 47.7 Å². The van der Waals surface area contributed by atoms with Crippen LogP contribution >= 0.6 is 0 Å². The lowest BCUT2D eigenvalue weighted by atomic mass is 10.1. The molecule has 0 radical (unpaired) electrons. The molecule has 0 aromatic rings. The molecule has 20 heavy (non-hydrogen) atoms. The summed E-state index contributed by atoms with van der Waals surface area (Å²) in [6.45, 7) is 4.21. The van der Waals surface area contributed by atoms with Crippen molar-refractivity contribution in [2.75, 3.05) is 19.7 Å². The maximum Gasteiger partial charge on any atom is 0.224 e. The van der Waals surface area contributed by atoms with Crippen LogP contribution < -0.4 is 5.32 Å². The van der Waals surface area contributed by atoms with Crippen LogP contribution in [0.5, 0.6) is 0 Å². The molecule has 2 N–H and O–H groups in total. The molecule has 2 atom stereocenters. The molecule has 1 heterocycles. The van der Waals surface area contributed by atoms with E-state index in [9.17, 15) is 4.79 Å². The second-order valence-electron chi connectivity index (χ2n) is 6.52. The molecule has 0 bridgehead atoms. The number of aliphatic hydroxyl groups is 1. The summed E-state index contributed by atoms with van der Waals surface area (Å²) in [5.41, 5.74) is 0. The molecular formula is C16H30N2O2. The van der Waals surface area contributed by atoms with Gasteiger partial charge >= 0.3 is 0 Å². The quantitative estimate of drug-likeness (QED) is 0.750. The number of nitrogens with one attached hydrogen (secondary N) is 1. The largest absolute Gasteiger partial charge is 0.396 e. The first-order valence-corrected chi connectivity index (χ1v) is 8.35. The van der Waals surface area contributed by atoms with Crippen LogP contribution in [-0.2, 0) is 4.79 Å². The molecule has 1 saturated carbocycles. The van der Waals surface area contributed by atoms with Gasteiger partial charge < -0.3 is 15.3 Å². The van der Waals surface area contributed by atoms with Crippen molar-refractivity contribution in [3.63, 3.8) is 0 Å². The Bertz CT molecular complexity index is 297. The van der Waals surface area contributed by atoms with Gasteiger partial charge in [-0.1, -0.05) is 12.8 Å². The Morgan fingerprint density at radius 2 is 1.90 bits per heavy atom. The molecule has 0 aromatic carbocycles. The van der Waals surface area contributed by atoms with E-state index in [-0.39, 0.29) is 12.6 Å². The molecule has 116 valence electrons. The van der Waals surface area contributed by atoms with E-state index in [1.807, 2.05) is 4.90 Å². The van der Waals surface area contributed by atoms with Gasteiger partial charge in [-0.05, 0) is 44.9 Å². The third-order valence-corrected chi connectivity index (χ3v) is 4.57. The maximum atomic E-state index is 12.3. The molecule has 2 fully saturated rings. The normalized spacial score (nSPS) is 23.2. The summed E-state index contributed by atoms with van der Waals surface area (Å²) >= 11 is 0. The predicted molar refractivity (Wildman–Crippen MR) is 80.5 cm³/mol. The van der Waals surface area contributed by atoms with E-state index in [1.165, 1.54) is 25.7 Å². The second-order valence-corrected chi connectivity index (χ2v) is 6.52. The highest BCUT2D eigenvalue weighted by molar-refractivity contribution is 5.76. The zero-order valence-corrected chi connectivity index (χ0v) is 12.8. The molecule has 2 unspecified atom stereocenters. The van der Waals surface area contributed by atoms with Crippen molar-refractivity contribution in [2.24, 2.45) is 5.92 Å². The lowest BCUT2D eigenvalue weighted by molar-refractivity contribution is -0.131. The van der Waals surface area contributed by atoms with Gasteiger partial charge in [0.15, 0.2) is 0 Å². The molecule has 4 heteroatoms. The Morgan fingerprint density at radius 3 is 2.45 bits per heavy atom. The van der Waals surface area contributed by atoms with Gasteiger partial charge in [0.25, 0.3) is 0 Å². The zero-order valence-electron chi connectivity index (χ0n) is 12.8. The van der Waals surface area contributed by atoms with E-state index in [0.29, 0.717) is 18.4 Å². The summed E-state index contributed by atoms with van der Waals surface area (Å²) < 4.78 is 0. The highest BCUT2D eigenvalue weighted by atomic mass is 16.3. The van der Waals surface area contributed by atoms with E-state index in [0.717, 1.165) is 38.3 Å². The Morgan fingerprint density at radius 1 is 1.25 bits per heavy atom. The van der Waals surface area contributed by atoms with E-state index in [1.54, 1.807) is 0 Å². The second kappa shape index (κ2) is 7.99. The third kappa shape index (κ3) is 5.06. The SMILES string of the molecule is CC(CC(=O)N1CCCCCC1)NC(CCO)C1CC1. The number of carbonyl (C=O) groups excluding carboxylic acids is 1. The van der Waals surface area contributed by atoms with Crippen molar-refractivity contribution < 1.29 is 9.90 Å². The van der Waals surface area contributed by atoms with Crippen molar-refractivity contribution in [1.29, 1.82) is 0 Å². The minimum absolute atomic E-state index is 0.211. The average molecular weight is 282 g/mol. The van der Waals surface area contributed by atoms with E-state index >= 15 is 0 Å². The summed E-state index contributed by atoms with van der Waals surface area (Å²) in [6, 6.07) is 0.606. The number of amides is 1. The Hall–Kier alpha value is -0.610. The van der Waals surface area contributed by atoms with Gasteiger partial charge in [-0.2, -0.15) is 0 Å². The molecule has 0 aromatic heterocycles. The van der Waals surface area contributed by atoms with Gasteiger partial charge in [0, 0.05) is 38.2 Å². The van der Waals surface area contributed by atoms with Gasteiger partial charge in [0.2, 0.25) is 5.91 Å². The fourth-order valence-electron chi connectivity index (χ4n) is 3.23. The number of carbonyl (C=O) groups is 1. The molecule has 1 aliphatic heterocycles. The van der Waals surface area contributed by atoms with Crippen LogP contribution in [0.25, 0.3) is 0 Å². The maximum absolute atomic E-state index is 12.3. The van der Waals surface area contributed by atoms with Crippen molar-refractivity contribution in [1.82, 2.24) is 10.2 Å². The van der Waals surface area contributed by atoms with Gasteiger partial charge in [-0.15, -0.1) is 0 Å². The first-order chi connectivity index (χ1) is 9.70. The zero-order chi connectivity index (χ0) is 14.4. The predicted octanol–water partition coefficient (Wildman–Crippen LogP) is 1.92. The summed E-state index contributed by atoms with van der Waals surface area (Å²) in [6.07, 6.45) is 8.78. The lowest BCUT2D eigenvalue weighted by Crippen LogP contribution is -2.42. The Labute approximate surface area is 122 Å². The molecule has 4 nitrogen and oxygen atoms in total. The van der Waals surface area contributed by atoms with Crippen molar-refractivity contribution in [3.8, 4) is 0 Å². The van der Waals surface area contributed by atoms with Crippen molar-refractivity contribution in [3.05, 3.63) is 0 Å². The van der Waals surface area contributed by atoms with E-state index in [4.69, 9.17) is 5.11 Å². The number of rotatable bonds is 7. The fourth-order valence-corrected chi connectivity index (χ4v) is 3.23. The van der Waals surface area contributed by atoms with Gasteiger partial charge in [0.05, 0.1) is 0 Å². The van der Waals surface area contributed by atoms with Gasteiger partial charge in [0.1, 0.15) is 0 Å². The van der Waals surface area contributed by atoms with Crippen LogP contribution in [0.1, 0.15) is 58.3 Å². The molecule has 1 saturated heterocycles. The summed E-state index contributed by atoms with van der Waals surface area (Å²) in [5.74, 6) is 1.02. The first-order valence-electron chi connectivity index (χ1n) is 8.35. The lowest BCUT2D eigenvalue weighted by Gasteiger charge is -2.26. The minimum Gasteiger partial charge on any atom is -0.396 e. The fraction of sp³-hybridized carbons (Fsp3) is 0.938. The number of nitrogens with zero attached hydrogens (tertiary/aromatic N) is 1. The first kappa shape index (κ1) is 15.8. The van der Waals surface area contributed by atoms with Crippen LogP contribution in [0.4, 0.5) is 0 Å². The van der Waals surface area contributed by atoms with E-state index < -0.39 is 0 Å². The summed E-state index contributed by atoms with van der Waals surface area (Å²) in [5, 5.41) is 12.7. The van der Waals surface area contributed by atoms with Crippen LogP contribution in [0.3, 0.4) is 0 Å². The number of hydrogen-bond donors (Lipinski definition) is 2. The van der Waals surface area contributed by atoms with Crippen LogP contribution in [0.2, 0.25) is 0 Å². The van der Waals surface area contributed by atoms with E-state index in [2.05, 4.69) is 12.2 Å². The Kier molecular flexibility index (Phi) is 6.30. The highest BCUT2D eigenvalue weighted by Crippen LogP contribution is 2.34. The third-order valence-electron chi connectivity index (χ3n) is 4.57. The number of aliphatic hydroxyl groups excluding tert-OH is 1. The average Bonchev–Trinajstić information content (AvgIpc) is 3.25. The topological polar surface area (TPSA) is 52.6 Å². The molecule has 1 aliphatic carbocycles. The molecular weight excluding hydrogens is 252 g/mol. The number of hydrogen-bond acceptors (Lipinski definition) is 3. The summed E-state index contributed by atoms with van der Waals surface area (Å²) in [4.78, 5) is 14.4. The Balaban J connectivity index is 1.74.